The summed E-state index contributed by atoms with van der Waals surface area (Å²) in [5.74, 6) is -0.397. The Kier molecular flexibility index (Phi) is 5.43. The normalized spacial score (nSPS) is 19.7. The van der Waals surface area contributed by atoms with Crippen molar-refractivity contribution < 1.29 is 24.5 Å². The van der Waals surface area contributed by atoms with Gasteiger partial charge in [0.25, 0.3) is 11.8 Å². The van der Waals surface area contributed by atoms with Crippen molar-refractivity contribution in [1.82, 2.24) is 0 Å². The van der Waals surface area contributed by atoms with Gasteiger partial charge >= 0.3 is 0 Å². The maximum absolute atomic E-state index is 13.7. The average Bonchev–Trinajstić information content (AvgIpc) is 3.03. The van der Waals surface area contributed by atoms with Crippen LogP contribution in [0.3, 0.4) is 0 Å². The molecule has 0 saturated carbocycles. The highest BCUT2D eigenvalue weighted by atomic mass is 16.5. The number of fused-ring (bicyclic) bond motifs is 3. The first-order chi connectivity index (χ1) is 16.4. The van der Waals surface area contributed by atoms with Crippen molar-refractivity contribution in [3.63, 3.8) is 0 Å². The zero-order valence-corrected chi connectivity index (χ0v) is 18.6. The Morgan fingerprint density at radius 3 is 2.59 bits per heavy atom. The first kappa shape index (κ1) is 21.9. The fourth-order valence-corrected chi connectivity index (χ4v) is 4.47. The number of nitrogens with zero attached hydrogens (tertiary/aromatic N) is 1. The molecule has 2 amide bonds. The predicted octanol–water partition coefficient (Wildman–Crippen LogP) is 4.49. The molecule has 0 fully saturated rings. The molecule has 3 aromatic rings. The third-order valence-electron chi connectivity index (χ3n) is 6.29. The number of aliphatic hydroxyl groups is 2. The average molecular weight is 456 g/mol. The third kappa shape index (κ3) is 3.37. The van der Waals surface area contributed by atoms with Crippen LogP contribution in [0, 0.1) is 5.92 Å². The Morgan fingerprint density at radius 2 is 1.79 bits per heavy atom. The quantitative estimate of drug-likeness (QED) is 0.492. The van der Waals surface area contributed by atoms with Crippen LogP contribution in [0.15, 0.2) is 78.9 Å². The van der Waals surface area contributed by atoms with Crippen LogP contribution in [0.5, 0.6) is 11.5 Å². The summed E-state index contributed by atoms with van der Waals surface area (Å²) in [4.78, 5) is 28.1. The van der Waals surface area contributed by atoms with E-state index in [1.807, 2.05) is 18.2 Å². The SMILES string of the molecule is C[C@@H](/C=C/CCO)[C@]1(O)C(=O)Nc2ccc(N3C(=O)c4ccccc4Oc4ccccc43)cc21. The van der Waals surface area contributed by atoms with Crippen molar-refractivity contribution in [2.75, 3.05) is 16.8 Å². The number of rotatable bonds is 5. The molecule has 7 heteroatoms. The van der Waals surface area contributed by atoms with Gasteiger partial charge in [-0.15, -0.1) is 0 Å². The highest BCUT2D eigenvalue weighted by molar-refractivity contribution is 6.14. The minimum atomic E-state index is -1.82. The van der Waals surface area contributed by atoms with E-state index in [0.29, 0.717) is 46.1 Å². The largest absolute Gasteiger partial charge is 0.454 e. The standard InChI is InChI=1S/C27H24N2O5/c1-17(8-6-7-15-30)27(33)20-16-18(13-14-21(20)28-26(27)32)29-22-10-3-5-12-24(22)34-23-11-4-2-9-19(23)25(29)31/h2-6,8-14,16-17,30,33H,7,15H2,1H3,(H,28,32)/b8-6+/t17-,27+/m0/s1. The summed E-state index contributed by atoms with van der Waals surface area (Å²) in [7, 11) is 0. The molecule has 7 nitrogen and oxygen atoms in total. The van der Waals surface area contributed by atoms with Gasteiger partial charge in [-0.3, -0.25) is 14.5 Å². The number of nitrogens with one attached hydrogen (secondary N) is 1. The van der Waals surface area contributed by atoms with E-state index in [-0.39, 0.29) is 12.5 Å². The summed E-state index contributed by atoms with van der Waals surface area (Å²) < 4.78 is 6.06. The van der Waals surface area contributed by atoms with Gasteiger partial charge in [0.2, 0.25) is 0 Å². The number of benzene rings is 3. The Bertz CT molecular complexity index is 1320. The van der Waals surface area contributed by atoms with Crippen molar-refractivity contribution in [3.8, 4) is 11.5 Å². The van der Waals surface area contributed by atoms with Crippen LogP contribution in [0.25, 0.3) is 0 Å². The minimum Gasteiger partial charge on any atom is -0.454 e. The van der Waals surface area contributed by atoms with Crippen molar-refractivity contribution in [2.24, 2.45) is 5.92 Å². The number of aliphatic hydroxyl groups excluding tert-OH is 1. The van der Waals surface area contributed by atoms with Crippen molar-refractivity contribution in [3.05, 3.63) is 90.0 Å². The molecule has 3 aromatic carbocycles. The van der Waals surface area contributed by atoms with Crippen LogP contribution in [0.4, 0.5) is 17.1 Å². The molecule has 2 heterocycles. The molecule has 2 aliphatic heterocycles. The molecule has 0 aliphatic carbocycles. The van der Waals surface area contributed by atoms with Crippen LogP contribution < -0.4 is 15.0 Å². The van der Waals surface area contributed by atoms with E-state index in [0.717, 1.165) is 0 Å². The molecule has 172 valence electrons. The van der Waals surface area contributed by atoms with Crippen molar-refractivity contribution in [1.29, 1.82) is 0 Å². The van der Waals surface area contributed by atoms with E-state index in [1.54, 1.807) is 67.6 Å². The molecule has 0 aromatic heterocycles. The maximum Gasteiger partial charge on any atom is 0.266 e. The van der Waals surface area contributed by atoms with Gasteiger partial charge in [-0.05, 0) is 48.9 Å². The van der Waals surface area contributed by atoms with Gasteiger partial charge in [0.1, 0.15) is 5.75 Å². The Hall–Kier alpha value is -3.94. The summed E-state index contributed by atoms with van der Waals surface area (Å²) in [6, 6.07) is 19.4. The number of anilines is 3. The highest BCUT2D eigenvalue weighted by Gasteiger charge is 2.49. The van der Waals surface area contributed by atoms with Gasteiger partial charge in [-0.25, -0.2) is 0 Å². The Labute approximate surface area is 196 Å². The van der Waals surface area contributed by atoms with Crippen LogP contribution in [-0.4, -0.2) is 28.6 Å². The lowest BCUT2D eigenvalue weighted by molar-refractivity contribution is -0.137. The summed E-state index contributed by atoms with van der Waals surface area (Å²) >= 11 is 0. The lowest BCUT2D eigenvalue weighted by Crippen LogP contribution is -2.39. The van der Waals surface area contributed by atoms with E-state index >= 15 is 0 Å². The van der Waals surface area contributed by atoms with Gasteiger partial charge in [0, 0.05) is 29.5 Å². The number of para-hydroxylation sites is 3. The summed E-state index contributed by atoms with van der Waals surface area (Å²) in [6.45, 7) is 1.72. The minimum absolute atomic E-state index is 0.0192. The molecule has 3 N–H and O–H groups in total. The lowest BCUT2D eigenvalue weighted by Gasteiger charge is -2.28. The molecule has 2 aliphatic rings. The van der Waals surface area contributed by atoms with E-state index in [4.69, 9.17) is 9.84 Å². The maximum atomic E-state index is 13.7. The second-order valence-electron chi connectivity index (χ2n) is 8.39. The van der Waals surface area contributed by atoms with Crippen molar-refractivity contribution >= 4 is 28.9 Å². The van der Waals surface area contributed by atoms with Gasteiger partial charge < -0.3 is 20.3 Å². The third-order valence-corrected chi connectivity index (χ3v) is 6.29. The van der Waals surface area contributed by atoms with Crippen LogP contribution in [-0.2, 0) is 10.4 Å². The Balaban J connectivity index is 1.64. The van der Waals surface area contributed by atoms with Crippen molar-refractivity contribution in [2.45, 2.75) is 18.9 Å². The first-order valence-corrected chi connectivity index (χ1v) is 11.1. The summed E-state index contributed by atoms with van der Waals surface area (Å²) in [5.41, 5.74) is 0.521. The number of carbonyl (C=O) groups excluding carboxylic acids is 2. The van der Waals surface area contributed by atoms with E-state index in [2.05, 4.69) is 5.32 Å². The second-order valence-corrected chi connectivity index (χ2v) is 8.39. The first-order valence-electron chi connectivity index (χ1n) is 11.1. The molecule has 34 heavy (non-hydrogen) atoms. The highest BCUT2D eigenvalue weighted by Crippen LogP contribution is 2.47. The fourth-order valence-electron chi connectivity index (χ4n) is 4.47. The van der Waals surface area contributed by atoms with E-state index in [1.165, 1.54) is 4.90 Å². The molecule has 0 saturated heterocycles. The second kappa shape index (κ2) is 8.44. The predicted molar refractivity (Wildman–Crippen MR) is 128 cm³/mol. The van der Waals surface area contributed by atoms with Crippen LogP contribution >= 0.6 is 0 Å². The summed E-state index contributed by atoms with van der Waals surface area (Å²) in [5, 5.41) is 23.3. The lowest BCUT2D eigenvalue weighted by atomic mass is 9.82. The molecule has 0 radical (unpaired) electrons. The Morgan fingerprint density at radius 1 is 1.06 bits per heavy atom. The zero-order valence-electron chi connectivity index (χ0n) is 18.6. The van der Waals surface area contributed by atoms with Gasteiger partial charge in [0.15, 0.2) is 11.4 Å². The zero-order chi connectivity index (χ0) is 23.9. The number of hydrogen-bond acceptors (Lipinski definition) is 5. The van der Waals surface area contributed by atoms with E-state index < -0.39 is 17.4 Å². The molecule has 0 unspecified atom stereocenters. The molecular formula is C27H24N2O5. The molecule has 0 spiro atoms. The molecule has 2 atom stereocenters. The number of carbonyl (C=O) groups is 2. The topological polar surface area (TPSA) is 99.1 Å². The molecule has 5 rings (SSSR count). The number of ether oxygens (including phenoxy) is 1. The molecule has 0 bridgehead atoms. The van der Waals surface area contributed by atoms with Gasteiger partial charge in [-0.1, -0.05) is 43.3 Å². The monoisotopic (exact) mass is 456 g/mol. The number of hydrogen-bond donors (Lipinski definition) is 3. The fraction of sp³-hybridized carbons (Fsp3) is 0.185. The van der Waals surface area contributed by atoms with Gasteiger partial charge in [0.05, 0.1) is 11.3 Å². The number of amides is 2. The van der Waals surface area contributed by atoms with Crippen LogP contribution in [0.1, 0.15) is 29.3 Å². The van der Waals surface area contributed by atoms with Gasteiger partial charge in [-0.2, -0.15) is 0 Å². The summed E-state index contributed by atoms with van der Waals surface area (Å²) in [6.07, 6.45) is 3.88. The molecular weight excluding hydrogens is 432 g/mol. The van der Waals surface area contributed by atoms with Crippen LogP contribution in [0.2, 0.25) is 0 Å². The smallest absolute Gasteiger partial charge is 0.266 e. The van der Waals surface area contributed by atoms with E-state index in [9.17, 15) is 14.7 Å².